The van der Waals surface area contributed by atoms with Gasteiger partial charge in [0.15, 0.2) is 11.3 Å². The summed E-state index contributed by atoms with van der Waals surface area (Å²) in [6.07, 6.45) is -3.17. The summed E-state index contributed by atoms with van der Waals surface area (Å²) in [4.78, 5) is 26.9. The van der Waals surface area contributed by atoms with Gasteiger partial charge in [-0.15, -0.1) is 0 Å². The summed E-state index contributed by atoms with van der Waals surface area (Å²) in [7, 11) is 0. The fourth-order valence-corrected chi connectivity index (χ4v) is 2.97. The number of amides is 1. The van der Waals surface area contributed by atoms with Gasteiger partial charge in [-0.3, -0.25) is 14.9 Å². The number of carbonyl (C=O) groups is 1. The molecule has 0 atom stereocenters. The molecule has 1 aromatic carbocycles. The number of carbonyl (C=O) groups excluding carboxylic acids is 1. The number of non-ortho nitro benzene ring substituents is 1. The Morgan fingerprint density at radius 3 is 2.62 bits per heavy atom. The van der Waals surface area contributed by atoms with E-state index in [2.05, 4.69) is 15.4 Å². The van der Waals surface area contributed by atoms with E-state index in [0.717, 1.165) is 37.1 Å². The fourth-order valence-electron chi connectivity index (χ4n) is 2.80. The monoisotopic (exact) mass is 425 g/mol. The van der Waals surface area contributed by atoms with Gasteiger partial charge in [-0.05, 0) is 25.0 Å². The van der Waals surface area contributed by atoms with Gasteiger partial charge in [0.1, 0.15) is 5.69 Å². The van der Waals surface area contributed by atoms with E-state index in [1.807, 2.05) is 0 Å². The fraction of sp³-hybridized carbons (Fsp3) is 0.235. The Morgan fingerprint density at radius 2 is 2.00 bits per heavy atom. The maximum Gasteiger partial charge on any atom is 0.433 e. The van der Waals surface area contributed by atoms with Crippen LogP contribution in [0.4, 0.5) is 24.5 Å². The number of benzene rings is 1. The van der Waals surface area contributed by atoms with Crippen molar-refractivity contribution in [2.45, 2.75) is 24.9 Å². The molecule has 0 spiro atoms. The maximum atomic E-state index is 13.4. The van der Waals surface area contributed by atoms with Crippen molar-refractivity contribution in [1.29, 1.82) is 0 Å². The molecule has 2 aromatic heterocycles. The minimum absolute atomic E-state index is 0.0258. The van der Waals surface area contributed by atoms with Crippen molar-refractivity contribution >= 4 is 34.5 Å². The quantitative estimate of drug-likeness (QED) is 0.491. The van der Waals surface area contributed by atoms with E-state index in [0.29, 0.717) is 10.2 Å². The van der Waals surface area contributed by atoms with E-state index in [1.165, 1.54) is 6.07 Å². The third kappa shape index (κ3) is 3.73. The molecule has 4 rings (SSSR count). The molecule has 1 saturated carbocycles. The van der Waals surface area contributed by atoms with Crippen LogP contribution in [0, 0.1) is 10.1 Å². The number of hydrogen-bond acceptors (Lipinski definition) is 5. The molecular formula is C17H11ClF3N5O3. The zero-order valence-corrected chi connectivity index (χ0v) is 15.2. The van der Waals surface area contributed by atoms with Gasteiger partial charge in [0, 0.05) is 29.8 Å². The van der Waals surface area contributed by atoms with Crippen molar-refractivity contribution in [3.8, 4) is 0 Å². The Kier molecular flexibility index (Phi) is 4.41. The number of nitro groups is 1. The van der Waals surface area contributed by atoms with Crippen LogP contribution >= 0.6 is 11.6 Å². The number of aromatic nitrogens is 3. The smallest absolute Gasteiger partial charge is 0.319 e. The molecule has 12 heteroatoms. The number of rotatable bonds is 4. The lowest BCUT2D eigenvalue weighted by Gasteiger charge is -2.10. The van der Waals surface area contributed by atoms with Crippen LogP contribution < -0.4 is 5.32 Å². The van der Waals surface area contributed by atoms with Crippen LogP contribution in [0.3, 0.4) is 0 Å². The Hall–Kier alpha value is -3.21. The van der Waals surface area contributed by atoms with Crippen LogP contribution in [0.1, 0.15) is 40.6 Å². The number of alkyl halides is 3. The molecule has 150 valence electrons. The van der Waals surface area contributed by atoms with Gasteiger partial charge in [0.2, 0.25) is 0 Å². The van der Waals surface area contributed by atoms with Crippen molar-refractivity contribution in [3.05, 3.63) is 62.6 Å². The molecule has 0 unspecified atom stereocenters. The van der Waals surface area contributed by atoms with Gasteiger partial charge >= 0.3 is 6.18 Å². The summed E-state index contributed by atoms with van der Waals surface area (Å²) >= 11 is 5.93. The summed E-state index contributed by atoms with van der Waals surface area (Å²) in [5.41, 5.74) is -1.55. The molecule has 0 aliphatic heterocycles. The van der Waals surface area contributed by atoms with E-state index in [1.54, 1.807) is 0 Å². The molecule has 8 nitrogen and oxygen atoms in total. The molecule has 1 aliphatic rings. The molecule has 1 fully saturated rings. The van der Waals surface area contributed by atoms with E-state index < -0.39 is 22.7 Å². The van der Waals surface area contributed by atoms with Crippen LogP contribution in [0.5, 0.6) is 0 Å². The summed E-state index contributed by atoms with van der Waals surface area (Å²) < 4.78 is 40.9. The van der Waals surface area contributed by atoms with Crippen LogP contribution in [0.15, 0.2) is 30.3 Å². The predicted octanol–water partition coefficient (Wildman–Crippen LogP) is 4.44. The number of anilines is 1. The summed E-state index contributed by atoms with van der Waals surface area (Å²) in [6.45, 7) is 0. The van der Waals surface area contributed by atoms with Crippen LogP contribution in [-0.4, -0.2) is 25.4 Å². The van der Waals surface area contributed by atoms with Crippen molar-refractivity contribution in [1.82, 2.24) is 14.6 Å². The minimum Gasteiger partial charge on any atom is -0.319 e. The SMILES string of the molecule is O=C(Nc1cc([N+](=O)[O-])ccc1Cl)c1cc2nc(C3CC3)cc(C(F)(F)F)n2n1. The minimum atomic E-state index is -4.69. The third-order valence-electron chi connectivity index (χ3n) is 4.37. The number of nitro benzene ring substituents is 1. The first-order chi connectivity index (χ1) is 13.6. The van der Waals surface area contributed by atoms with Crippen molar-refractivity contribution in [2.75, 3.05) is 5.32 Å². The molecule has 3 aromatic rings. The highest BCUT2D eigenvalue weighted by atomic mass is 35.5. The highest BCUT2D eigenvalue weighted by molar-refractivity contribution is 6.34. The maximum absolute atomic E-state index is 13.4. The van der Waals surface area contributed by atoms with Gasteiger partial charge in [0.25, 0.3) is 11.6 Å². The lowest BCUT2D eigenvalue weighted by Crippen LogP contribution is -2.16. The molecule has 0 saturated heterocycles. The first kappa shape index (κ1) is 19.1. The van der Waals surface area contributed by atoms with E-state index in [9.17, 15) is 28.1 Å². The van der Waals surface area contributed by atoms with Crippen LogP contribution in [-0.2, 0) is 6.18 Å². The van der Waals surface area contributed by atoms with Crippen LogP contribution in [0.2, 0.25) is 5.02 Å². The molecule has 1 aliphatic carbocycles. The Morgan fingerprint density at radius 1 is 1.28 bits per heavy atom. The van der Waals surface area contributed by atoms with E-state index in [-0.39, 0.29) is 33.7 Å². The lowest BCUT2D eigenvalue weighted by atomic mass is 10.2. The van der Waals surface area contributed by atoms with Crippen molar-refractivity contribution in [2.24, 2.45) is 0 Å². The number of fused-ring (bicyclic) bond motifs is 1. The zero-order chi connectivity index (χ0) is 20.9. The van der Waals surface area contributed by atoms with Crippen molar-refractivity contribution < 1.29 is 22.9 Å². The number of hydrogen-bond donors (Lipinski definition) is 1. The highest BCUT2D eigenvalue weighted by Crippen LogP contribution is 2.41. The number of nitrogens with zero attached hydrogens (tertiary/aromatic N) is 4. The second-order valence-corrected chi connectivity index (χ2v) is 6.92. The van der Waals surface area contributed by atoms with E-state index in [4.69, 9.17) is 11.6 Å². The second-order valence-electron chi connectivity index (χ2n) is 6.51. The molecule has 1 N–H and O–H groups in total. The van der Waals surface area contributed by atoms with Gasteiger partial charge < -0.3 is 5.32 Å². The molecule has 29 heavy (non-hydrogen) atoms. The Balaban J connectivity index is 1.72. The zero-order valence-electron chi connectivity index (χ0n) is 14.4. The predicted molar refractivity (Wildman–Crippen MR) is 96.0 cm³/mol. The Labute approximate surface area is 165 Å². The van der Waals surface area contributed by atoms with Gasteiger partial charge in [-0.2, -0.15) is 18.3 Å². The normalized spacial score (nSPS) is 14.2. The average molecular weight is 426 g/mol. The number of halogens is 4. The topological polar surface area (TPSA) is 102 Å². The molecule has 0 radical (unpaired) electrons. The van der Waals surface area contributed by atoms with Gasteiger partial charge in [-0.1, -0.05) is 11.6 Å². The lowest BCUT2D eigenvalue weighted by molar-refractivity contribution is -0.384. The van der Waals surface area contributed by atoms with Crippen LogP contribution in [0.25, 0.3) is 5.65 Å². The van der Waals surface area contributed by atoms with E-state index >= 15 is 0 Å². The molecule has 1 amide bonds. The Bertz CT molecular complexity index is 1160. The van der Waals surface area contributed by atoms with Gasteiger partial charge in [0.05, 0.1) is 15.6 Å². The molecule has 0 bridgehead atoms. The van der Waals surface area contributed by atoms with Crippen molar-refractivity contribution in [3.63, 3.8) is 0 Å². The first-order valence-corrected chi connectivity index (χ1v) is 8.74. The summed E-state index contributed by atoms with van der Waals surface area (Å²) in [5, 5.41) is 17.0. The number of nitrogens with one attached hydrogen (secondary N) is 1. The third-order valence-corrected chi connectivity index (χ3v) is 4.70. The second kappa shape index (κ2) is 6.69. The largest absolute Gasteiger partial charge is 0.433 e. The molecule has 2 heterocycles. The highest BCUT2D eigenvalue weighted by Gasteiger charge is 2.37. The summed E-state index contributed by atoms with van der Waals surface area (Å²) in [5.74, 6) is -0.907. The first-order valence-electron chi connectivity index (χ1n) is 8.36. The summed E-state index contributed by atoms with van der Waals surface area (Å²) in [6, 6.07) is 5.49. The molecular weight excluding hydrogens is 415 g/mol. The standard InChI is InChI=1S/C17H11ClF3N5O3/c18-10-4-3-9(26(28)29)5-12(10)23-16(27)13-7-15-22-11(8-1-2-8)6-14(17(19,20)21)25(15)24-13/h3-8H,1-2H2,(H,23,27). The van der Waals surface area contributed by atoms with Gasteiger partial charge in [-0.25, -0.2) is 9.50 Å². The average Bonchev–Trinajstić information content (AvgIpc) is 3.40.